The van der Waals surface area contributed by atoms with Crippen molar-refractivity contribution in [2.24, 2.45) is 7.05 Å². The van der Waals surface area contributed by atoms with Crippen LogP contribution >= 0.6 is 0 Å². The van der Waals surface area contributed by atoms with E-state index < -0.39 is 0 Å². The van der Waals surface area contributed by atoms with Gasteiger partial charge in [-0.05, 0) is 44.4 Å². The summed E-state index contributed by atoms with van der Waals surface area (Å²) < 4.78 is 1.93. The van der Waals surface area contributed by atoms with Crippen LogP contribution in [0.5, 0.6) is 0 Å². The molecule has 0 bridgehead atoms. The first kappa shape index (κ1) is 15.8. The quantitative estimate of drug-likeness (QED) is 0.877. The summed E-state index contributed by atoms with van der Waals surface area (Å²) in [5.41, 5.74) is 6.50. The third-order valence-corrected chi connectivity index (χ3v) is 3.92. The van der Waals surface area contributed by atoms with Crippen LogP contribution in [0.25, 0.3) is 0 Å². The van der Waals surface area contributed by atoms with Crippen molar-refractivity contribution in [3.05, 3.63) is 52.3 Å². The maximum Gasteiger partial charge on any atom is 0.0673 e. The molecule has 1 atom stereocenters. The van der Waals surface area contributed by atoms with Crippen LogP contribution in [-0.2, 0) is 13.5 Å². The normalized spacial score (nSPS) is 12.6. The number of hydrogen-bond donors (Lipinski definition) is 1. The molecule has 0 saturated heterocycles. The maximum absolute atomic E-state index is 4.61. The van der Waals surface area contributed by atoms with Crippen molar-refractivity contribution in [3.8, 4) is 0 Å². The van der Waals surface area contributed by atoms with E-state index in [1.807, 2.05) is 11.7 Å². The Morgan fingerprint density at radius 2 is 1.95 bits per heavy atom. The van der Waals surface area contributed by atoms with E-state index in [2.05, 4.69) is 62.5 Å². The molecule has 2 rings (SSSR count). The summed E-state index contributed by atoms with van der Waals surface area (Å²) in [5.74, 6) is 0. The topological polar surface area (TPSA) is 29.9 Å². The maximum atomic E-state index is 4.61. The minimum atomic E-state index is 0.231. The number of aromatic nitrogens is 2. The molecule has 0 radical (unpaired) electrons. The van der Waals surface area contributed by atoms with E-state index in [1.165, 1.54) is 27.9 Å². The summed E-state index contributed by atoms with van der Waals surface area (Å²) in [7, 11) is 2.00. The summed E-state index contributed by atoms with van der Waals surface area (Å²) in [6.07, 6.45) is 4.25. The monoisotopic (exact) mass is 285 g/mol. The summed E-state index contributed by atoms with van der Waals surface area (Å²) in [6, 6.07) is 6.95. The van der Waals surface area contributed by atoms with Crippen molar-refractivity contribution in [2.75, 3.05) is 6.54 Å². The fraction of sp³-hybridized carbons (Fsp3) is 0.500. The fourth-order valence-corrected chi connectivity index (χ4v) is 2.89. The molecule has 3 heteroatoms. The summed E-state index contributed by atoms with van der Waals surface area (Å²) in [6.45, 7) is 9.73. The highest BCUT2D eigenvalue weighted by molar-refractivity contribution is 5.39. The Labute approximate surface area is 128 Å². The largest absolute Gasteiger partial charge is 0.306 e. The Bertz CT molecular complexity index is 599. The minimum absolute atomic E-state index is 0.231. The van der Waals surface area contributed by atoms with Gasteiger partial charge in [-0.1, -0.05) is 37.6 Å². The molecule has 1 N–H and O–H groups in total. The van der Waals surface area contributed by atoms with Crippen molar-refractivity contribution in [3.63, 3.8) is 0 Å². The van der Waals surface area contributed by atoms with Gasteiger partial charge in [0.1, 0.15) is 0 Å². The molecule has 0 fully saturated rings. The molecule has 1 unspecified atom stereocenters. The molecule has 1 aromatic carbocycles. The van der Waals surface area contributed by atoms with Gasteiger partial charge < -0.3 is 5.32 Å². The molecule has 1 aromatic heterocycles. The van der Waals surface area contributed by atoms with Crippen molar-refractivity contribution in [2.45, 2.75) is 46.6 Å². The van der Waals surface area contributed by atoms with Crippen molar-refractivity contribution in [1.82, 2.24) is 15.1 Å². The van der Waals surface area contributed by atoms with Crippen LogP contribution < -0.4 is 5.32 Å². The number of nitrogens with zero attached hydrogens (tertiary/aromatic N) is 2. The van der Waals surface area contributed by atoms with Gasteiger partial charge in [-0.3, -0.25) is 4.68 Å². The minimum Gasteiger partial charge on any atom is -0.306 e. The van der Waals surface area contributed by atoms with E-state index in [9.17, 15) is 0 Å². The molecule has 1 heterocycles. The lowest BCUT2D eigenvalue weighted by Gasteiger charge is -2.21. The molecule has 0 aliphatic rings. The molecule has 0 aliphatic carbocycles. The van der Waals surface area contributed by atoms with Crippen LogP contribution in [0.15, 0.2) is 24.4 Å². The van der Waals surface area contributed by atoms with Gasteiger partial charge in [0, 0.05) is 18.8 Å². The van der Waals surface area contributed by atoms with Crippen molar-refractivity contribution >= 4 is 0 Å². The summed E-state index contributed by atoms with van der Waals surface area (Å²) in [4.78, 5) is 0. The van der Waals surface area contributed by atoms with Gasteiger partial charge >= 0.3 is 0 Å². The summed E-state index contributed by atoms with van der Waals surface area (Å²) in [5, 5.41) is 8.30. The van der Waals surface area contributed by atoms with Crippen LogP contribution in [0.4, 0.5) is 0 Å². The fourth-order valence-electron chi connectivity index (χ4n) is 2.89. The average molecular weight is 285 g/mol. The van der Waals surface area contributed by atoms with Gasteiger partial charge in [0.25, 0.3) is 0 Å². The van der Waals surface area contributed by atoms with E-state index in [4.69, 9.17) is 0 Å². The Morgan fingerprint density at radius 1 is 1.19 bits per heavy atom. The lowest BCUT2D eigenvalue weighted by molar-refractivity contribution is 0.592. The molecular formula is C18H27N3. The molecule has 0 spiro atoms. The van der Waals surface area contributed by atoms with Crippen LogP contribution in [0.2, 0.25) is 0 Å². The smallest absolute Gasteiger partial charge is 0.0673 e. The molecule has 21 heavy (non-hydrogen) atoms. The molecule has 0 amide bonds. The lowest BCUT2D eigenvalue weighted by Crippen LogP contribution is -2.24. The van der Waals surface area contributed by atoms with Gasteiger partial charge in [-0.25, -0.2) is 0 Å². The lowest BCUT2D eigenvalue weighted by atomic mass is 9.93. The van der Waals surface area contributed by atoms with Gasteiger partial charge in [-0.2, -0.15) is 5.10 Å². The first-order valence-corrected chi connectivity index (χ1v) is 7.89. The SMILES string of the molecule is CCCNC(c1ccc(C)cc1C)c1cn(C)nc1CC. The van der Waals surface area contributed by atoms with E-state index in [1.54, 1.807) is 0 Å². The van der Waals surface area contributed by atoms with E-state index in [0.29, 0.717) is 0 Å². The Hall–Kier alpha value is -1.61. The number of nitrogens with one attached hydrogen (secondary N) is 1. The van der Waals surface area contributed by atoms with E-state index in [0.717, 1.165) is 19.4 Å². The third-order valence-electron chi connectivity index (χ3n) is 3.92. The third kappa shape index (κ3) is 3.53. The molecule has 0 aliphatic heterocycles. The van der Waals surface area contributed by atoms with Crippen molar-refractivity contribution < 1.29 is 0 Å². The molecule has 2 aromatic rings. The zero-order valence-electron chi connectivity index (χ0n) is 13.9. The van der Waals surface area contributed by atoms with Gasteiger partial charge in [0.2, 0.25) is 0 Å². The predicted octanol–water partition coefficient (Wildman–Crippen LogP) is 3.69. The number of hydrogen-bond acceptors (Lipinski definition) is 2. The van der Waals surface area contributed by atoms with Crippen LogP contribution in [-0.4, -0.2) is 16.3 Å². The number of rotatable bonds is 6. The Morgan fingerprint density at radius 3 is 2.57 bits per heavy atom. The van der Waals surface area contributed by atoms with Crippen LogP contribution in [0.1, 0.15) is 54.3 Å². The van der Waals surface area contributed by atoms with E-state index >= 15 is 0 Å². The second-order valence-electron chi connectivity index (χ2n) is 5.81. The molecule has 0 saturated carbocycles. The van der Waals surface area contributed by atoms with E-state index in [-0.39, 0.29) is 6.04 Å². The van der Waals surface area contributed by atoms with Crippen LogP contribution in [0, 0.1) is 13.8 Å². The molecular weight excluding hydrogens is 258 g/mol. The first-order valence-electron chi connectivity index (χ1n) is 7.89. The Kier molecular flexibility index (Phi) is 5.18. The van der Waals surface area contributed by atoms with Gasteiger partial charge in [0.15, 0.2) is 0 Å². The highest BCUT2D eigenvalue weighted by atomic mass is 15.3. The predicted molar refractivity (Wildman–Crippen MR) is 88.6 cm³/mol. The van der Waals surface area contributed by atoms with Crippen molar-refractivity contribution in [1.29, 1.82) is 0 Å². The Balaban J connectivity index is 2.46. The zero-order valence-corrected chi connectivity index (χ0v) is 13.9. The zero-order chi connectivity index (χ0) is 15.4. The highest BCUT2D eigenvalue weighted by Gasteiger charge is 2.20. The highest BCUT2D eigenvalue weighted by Crippen LogP contribution is 2.28. The molecule has 3 nitrogen and oxygen atoms in total. The average Bonchev–Trinajstić information content (AvgIpc) is 2.82. The summed E-state index contributed by atoms with van der Waals surface area (Å²) >= 11 is 0. The number of benzene rings is 1. The second-order valence-corrected chi connectivity index (χ2v) is 5.81. The first-order chi connectivity index (χ1) is 10.1. The molecule has 114 valence electrons. The van der Waals surface area contributed by atoms with Gasteiger partial charge in [0.05, 0.1) is 11.7 Å². The number of aryl methyl sites for hydroxylation is 4. The standard InChI is InChI=1S/C18H27N3/c1-6-10-19-18(15-9-8-13(3)11-14(15)4)16-12-21(5)20-17(16)7-2/h8-9,11-12,18-19H,6-7,10H2,1-5H3. The van der Waals surface area contributed by atoms with Crippen LogP contribution in [0.3, 0.4) is 0 Å². The van der Waals surface area contributed by atoms with Gasteiger partial charge in [-0.15, -0.1) is 0 Å². The second kappa shape index (κ2) is 6.90.